The lowest BCUT2D eigenvalue weighted by molar-refractivity contribution is 0.813. The van der Waals surface area contributed by atoms with E-state index in [2.05, 4.69) is 26.2 Å². The van der Waals surface area contributed by atoms with E-state index in [0.717, 1.165) is 10.3 Å². The zero-order valence-corrected chi connectivity index (χ0v) is 13.2. The van der Waals surface area contributed by atoms with Crippen molar-refractivity contribution in [2.45, 2.75) is 6.54 Å². The Kier molecular flexibility index (Phi) is 4.43. The van der Waals surface area contributed by atoms with Gasteiger partial charge in [-0.3, -0.25) is 0 Å². The van der Waals surface area contributed by atoms with Crippen molar-refractivity contribution in [2.24, 2.45) is 7.05 Å². The molecule has 1 aromatic carbocycles. The minimum atomic E-state index is 0.490. The molecule has 0 aliphatic carbocycles. The number of benzene rings is 1. The van der Waals surface area contributed by atoms with E-state index in [1.165, 1.54) is 0 Å². The Balaban J connectivity index is 2.18. The minimum absolute atomic E-state index is 0.490. The quantitative estimate of drug-likeness (QED) is 0.846. The molecule has 0 radical (unpaired) electrons. The molecule has 18 heavy (non-hydrogen) atoms. The Morgan fingerprint density at radius 2 is 1.89 bits per heavy atom. The maximum Gasteiger partial charge on any atom is 0.128 e. The van der Waals surface area contributed by atoms with Crippen LogP contribution in [0.2, 0.25) is 15.2 Å². The van der Waals surface area contributed by atoms with E-state index in [1.807, 2.05) is 7.05 Å². The van der Waals surface area contributed by atoms with Crippen LogP contribution in [0.1, 0.15) is 5.82 Å². The highest BCUT2D eigenvalue weighted by Crippen LogP contribution is 2.34. The van der Waals surface area contributed by atoms with Crippen molar-refractivity contribution in [2.75, 3.05) is 5.32 Å². The highest BCUT2D eigenvalue weighted by atomic mass is 79.9. The Hall–Kier alpha value is -0.420. The average molecular weight is 369 g/mol. The molecule has 1 aromatic heterocycles. The van der Waals surface area contributed by atoms with Gasteiger partial charge in [-0.05, 0) is 12.1 Å². The lowest BCUT2D eigenvalue weighted by atomic mass is 10.3. The second-order valence-electron chi connectivity index (χ2n) is 3.65. The third-order valence-electron chi connectivity index (χ3n) is 2.46. The van der Waals surface area contributed by atoms with Crippen LogP contribution in [0.25, 0.3) is 0 Å². The van der Waals surface area contributed by atoms with Gasteiger partial charge < -0.3 is 9.88 Å². The van der Waals surface area contributed by atoms with Gasteiger partial charge in [-0.15, -0.1) is 0 Å². The lowest BCUT2D eigenvalue weighted by Gasteiger charge is -2.11. The first-order chi connectivity index (χ1) is 8.49. The molecule has 0 atom stereocenters. The molecule has 0 saturated heterocycles. The highest BCUT2D eigenvalue weighted by molar-refractivity contribution is 9.10. The van der Waals surface area contributed by atoms with Crippen molar-refractivity contribution in [1.82, 2.24) is 9.55 Å². The Morgan fingerprint density at radius 3 is 2.39 bits per heavy atom. The number of aromatic nitrogens is 2. The number of halogens is 4. The van der Waals surface area contributed by atoms with Crippen LogP contribution in [-0.4, -0.2) is 9.55 Å². The van der Waals surface area contributed by atoms with Crippen LogP contribution >= 0.6 is 50.7 Å². The molecule has 3 nitrogen and oxygen atoms in total. The number of imidazole rings is 1. The van der Waals surface area contributed by atoms with Crippen LogP contribution in [0.5, 0.6) is 0 Å². The molecule has 2 aromatic rings. The summed E-state index contributed by atoms with van der Waals surface area (Å²) in [5, 5.41) is 4.84. The Bertz CT molecular complexity index is 560. The van der Waals surface area contributed by atoms with Gasteiger partial charge in [0.1, 0.15) is 11.0 Å². The van der Waals surface area contributed by atoms with Gasteiger partial charge in [0.15, 0.2) is 0 Å². The summed E-state index contributed by atoms with van der Waals surface area (Å²) >= 11 is 21.5. The largest absolute Gasteiger partial charge is 0.375 e. The zero-order chi connectivity index (χ0) is 13.3. The van der Waals surface area contributed by atoms with Gasteiger partial charge >= 0.3 is 0 Å². The van der Waals surface area contributed by atoms with E-state index in [4.69, 9.17) is 34.8 Å². The number of anilines is 1. The monoisotopic (exact) mass is 367 g/mol. The third-order valence-corrected chi connectivity index (χ3v) is 3.86. The summed E-state index contributed by atoms with van der Waals surface area (Å²) in [6.07, 6.45) is 1.60. The van der Waals surface area contributed by atoms with Gasteiger partial charge in [0.05, 0.1) is 28.5 Å². The van der Waals surface area contributed by atoms with Crippen molar-refractivity contribution in [3.63, 3.8) is 0 Å². The summed E-state index contributed by atoms with van der Waals surface area (Å²) in [4.78, 5) is 4.18. The maximum absolute atomic E-state index is 6.12. The Morgan fingerprint density at radius 1 is 1.28 bits per heavy atom. The molecule has 1 heterocycles. The maximum atomic E-state index is 6.12. The molecule has 0 saturated carbocycles. The van der Waals surface area contributed by atoms with Crippen LogP contribution in [0.4, 0.5) is 5.69 Å². The standard InChI is InChI=1S/C11H9BrCl3N3/c1-18-9(15)4-16-10(18)5-17-11-7(13)2-6(12)3-8(11)14/h2-4,17H,5H2,1H3. The topological polar surface area (TPSA) is 29.9 Å². The molecule has 0 spiro atoms. The molecular formula is C11H9BrCl3N3. The van der Waals surface area contributed by atoms with E-state index in [1.54, 1.807) is 22.9 Å². The minimum Gasteiger partial charge on any atom is -0.375 e. The second-order valence-corrected chi connectivity index (χ2v) is 5.77. The van der Waals surface area contributed by atoms with Gasteiger partial charge in [-0.1, -0.05) is 50.7 Å². The number of nitrogens with zero attached hydrogens (tertiary/aromatic N) is 2. The average Bonchev–Trinajstić information content (AvgIpc) is 2.59. The van der Waals surface area contributed by atoms with Crippen LogP contribution in [0.3, 0.4) is 0 Å². The van der Waals surface area contributed by atoms with Gasteiger partial charge in [0, 0.05) is 11.5 Å². The number of rotatable bonds is 3. The van der Waals surface area contributed by atoms with E-state index in [9.17, 15) is 0 Å². The molecule has 2 rings (SSSR count). The van der Waals surface area contributed by atoms with Gasteiger partial charge in [0.25, 0.3) is 0 Å². The fraction of sp³-hybridized carbons (Fsp3) is 0.182. The lowest BCUT2D eigenvalue weighted by Crippen LogP contribution is -2.06. The number of hydrogen-bond donors (Lipinski definition) is 1. The van der Waals surface area contributed by atoms with Crippen molar-refractivity contribution < 1.29 is 0 Å². The van der Waals surface area contributed by atoms with Crippen LogP contribution in [0, 0.1) is 0 Å². The molecule has 1 N–H and O–H groups in total. The third kappa shape index (κ3) is 2.94. The molecule has 0 fully saturated rings. The predicted molar refractivity (Wildman–Crippen MR) is 79.7 cm³/mol. The van der Waals surface area contributed by atoms with E-state index in [0.29, 0.717) is 27.4 Å². The molecule has 7 heteroatoms. The molecular weight excluding hydrogens is 360 g/mol. The van der Waals surface area contributed by atoms with Crippen LogP contribution in [0.15, 0.2) is 22.8 Å². The first-order valence-corrected chi connectivity index (χ1v) is 6.96. The smallest absolute Gasteiger partial charge is 0.128 e. The van der Waals surface area contributed by atoms with Crippen molar-refractivity contribution >= 4 is 56.4 Å². The highest BCUT2D eigenvalue weighted by Gasteiger charge is 2.09. The van der Waals surface area contributed by atoms with Crippen molar-refractivity contribution in [3.05, 3.63) is 43.8 Å². The van der Waals surface area contributed by atoms with Crippen LogP contribution in [-0.2, 0) is 13.6 Å². The van der Waals surface area contributed by atoms with E-state index >= 15 is 0 Å². The molecule has 0 unspecified atom stereocenters. The summed E-state index contributed by atoms with van der Waals surface area (Å²) in [7, 11) is 1.84. The molecule has 96 valence electrons. The van der Waals surface area contributed by atoms with Gasteiger partial charge in [-0.25, -0.2) is 4.98 Å². The fourth-order valence-corrected chi connectivity index (χ4v) is 2.96. The van der Waals surface area contributed by atoms with Crippen molar-refractivity contribution in [1.29, 1.82) is 0 Å². The summed E-state index contributed by atoms with van der Waals surface area (Å²) in [5.41, 5.74) is 0.681. The normalized spacial score (nSPS) is 10.7. The summed E-state index contributed by atoms with van der Waals surface area (Å²) in [6, 6.07) is 3.56. The second kappa shape index (κ2) is 5.70. The summed E-state index contributed by atoms with van der Waals surface area (Å²) in [6.45, 7) is 0.490. The van der Waals surface area contributed by atoms with Crippen LogP contribution < -0.4 is 5.32 Å². The predicted octanol–water partition coefficient (Wildman–Crippen LogP) is 4.75. The fourth-order valence-electron chi connectivity index (χ4n) is 1.47. The van der Waals surface area contributed by atoms with Gasteiger partial charge in [-0.2, -0.15) is 0 Å². The Labute approximate surface area is 128 Å². The molecule has 0 aliphatic rings. The SMILES string of the molecule is Cn1c(Cl)cnc1CNc1c(Cl)cc(Br)cc1Cl. The molecule has 0 aliphatic heterocycles. The van der Waals surface area contributed by atoms with E-state index in [-0.39, 0.29) is 0 Å². The zero-order valence-electron chi connectivity index (χ0n) is 9.35. The number of nitrogens with one attached hydrogen (secondary N) is 1. The number of hydrogen-bond acceptors (Lipinski definition) is 2. The summed E-state index contributed by atoms with van der Waals surface area (Å²) in [5.74, 6) is 0.801. The first-order valence-electron chi connectivity index (χ1n) is 5.03. The van der Waals surface area contributed by atoms with E-state index < -0.39 is 0 Å². The first kappa shape index (κ1) is 14.0. The molecule has 0 amide bonds. The summed E-state index contributed by atoms with van der Waals surface area (Å²) < 4.78 is 2.62. The van der Waals surface area contributed by atoms with Crippen molar-refractivity contribution in [3.8, 4) is 0 Å². The van der Waals surface area contributed by atoms with Gasteiger partial charge in [0.2, 0.25) is 0 Å². The molecule has 0 bridgehead atoms.